The number of amides is 4. The van der Waals surface area contributed by atoms with Crippen molar-refractivity contribution in [2.45, 2.75) is 174 Å². The second-order valence-corrected chi connectivity index (χ2v) is 30.8. The molecule has 5 aliphatic heterocycles. The first-order valence-corrected chi connectivity index (χ1v) is 37.2. The third-order valence-electron chi connectivity index (χ3n) is 22.4. The Morgan fingerprint density at radius 2 is 1.50 bits per heavy atom. The van der Waals surface area contributed by atoms with E-state index in [0.29, 0.717) is 88.3 Å². The van der Waals surface area contributed by atoms with Crippen LogP contribution in [0, 0.1) is 23.2 Å². The number of nitrogens with one attached hydrogen (secondary N) is 5. The molecule has 1 spiro atoms. The summed E-state index contributed by atoms with van der Waals surface area (Å²) in [5.74, 6) is -11.9. The standard InChI is InChI=1S/C69H98N8O24S2/c1-6-37(52(86)54(88)48(82)30-78)57(90)71-44(14-15-51(84)85)47(81)24-40(53(87)55(89)49(83)31-79)58(91)72-45(59(92)93)32-103-102-23-22-101-64(96)74-73-63(95)69(98)61-68(18-21-77-19-11-17-66(8-3,60(68)77)62(69)94)41-25-42(50(99-5)26-46(41)75(61)4)67(34-100-35-80)28-36-27-65(97,7-2)33-76(29-36)20-16-39-38-12-9-10-13-43(38)70-56(39)67/h9-13,17,25-26,35-37,40,44-45,48-49,52-55,60-62,70,78-79,82-83,86-89,94,97-98H,6-8,14-16,18-24,27-34H2,1-5H3,(H,71,90)(H,72,91)(H,73,95)(H,74,96)(H,84,85)(H,92,93)/t36-,37+,40-,44+,45+,48-,49-,52-,53-,54-,55-,60+,61-,62-,65+,66-,67+,68-,69+/m1/s1. The minimum absolute atomic E-state index is 0.0526. The molecule has 1 aliphatic carbocycles. The summed E-state index contributed by atoms with van der Waals surface area (Å²) in [5, 5.41) is 146. The van der Waals surface area contributed by atoms with E-state index in [1.165, 1.54) is 6.92 Å². The van der Waals surface area contributed by atoms with Gasteiger partial charge >= 0.3 is 18.0 Å². The topological polar surface area (TPSA) is 501 Å². The number of anilines is 1. The Kier molecular flexibility index (Phi) is 26.0. The summed E-state index contributed by atoms with van der Waals surface area (Å²) in [7, 11) is 5.07. The number of hydrazine groups is 1. The number of para-hydroxylation sites is 1. The molecule has 570 valence electrons. The van der Waals surface area contributed by atoms with E-state index in [-0.39, 0.29) is 37.7 Å². The van der Waals surface area contributed by atoms with Gasteiger partial charge in [-0.15, -0.1) is 0 Å². The van der Waals surface area contributed by atoms with Crippen LogP contribution in [0.3, 0.4) is 0 Å². The van der Waals surface area contributed by atoms with Crippen LogP contribution in [-0.2, 0) is 60.3 Å². The van der Waals surface area contributed by atoms with Crippen molar-refractivity contribution < 1.29 is 119 Å². The number of benzene rings is 2. The Hall–Kier alpha value is -6.74. The fraction of sp³-hybridized carbons (Fsp3) is 0.652. The van der Waals surface area contributed by atoms with Crippen LogP contribution in [0.1, 0.15) is 101 Å². The molecule has 4 amide bonds. The van der Waals surface area contributed by atoms with Gasteiger partial charge in [-0.25, -0.2) is 15.0 Å². The van der Waals surface area contributed by atoms with Crippen LogP contribution in [0.5, 0.6) is 5.75 Å². The Labute approximate surface area is 602 Å². The Balaban J connectivity index is 0.908. The second-order valence-electron chi connectivity index (χ2n) is 28.2. The molecule has 1 unspecified atom stereocenters. The van der Waals surface area contributed by atoms with Gasteiger partial charge in [0.05, 0.1) is 67.5 Å². The summed E-state index contributed by atoms with van der Waals surface area (Å²) >= 11 is 0. The number of likely N-dealkylation sites (N-methyl/N-ethyl adjacent to an activating group) is 1. The number of ketones is 1. The number of aromatic amines is 1. The number of hydrogen-bond donors (Lipinski definition) is 18. The molecule has 34 heteroatoms. The number of piperidine rings is 1. The lowest BCUT2D eigenvalue weighted by molar-refractivity contribution is -0.204. The number of nitrogens with zero attached hydrogens (tertiary/aromatic N) is 3. The molecule has 2 saturated heterocycles. The number of Topliss-reactive ketones (excluding diaryl/α,β-unsaturated/α-hetero) is 1. The van der Waals surface area contributed by atoms with Gasteiger partial charge in [0.2, 0.25) is 11.8 Å². The van der Waals surface area contributed by atoms with E-state index in [1.807, 2.05) is 50.3 Å². The molecule has 103 heavy (non-hydrogen) atoms. The minimum atomic E-state index is -2.70. The summed E-state index contributed by atoms with van der Waals surface area (Å²) in [5.41, 5.74) is 2.07. The first-order chi connectivity index (χ1) is 49.0. The van der Waals surface area contributed by atoms with Crippen LogP contribution in [0.2, 0.25) is 0 Å². The molecule has 32 nitrogen and oxygen atoms in total. The third-order valence-corrected chi connectivity index (χ3v) is 24.8. The number of aromatic nitrogens is 1. The summed E-state index contributed by atoms with van der Waals surface area (Å²) < 4.78 is 17.8. The van der Waals surface area contributed by atoms with E-state index in [1.54, 1.807) is 19.1 Å². The Morgan fingerprint density at radius 1 is 0.825 bits per heavy atom. The highest BCUT2D eigenvalue weighted by Gasteiger charge is 2.79. The van der Waals surface area contributed by atoms with E-state index in [4.69, 9.17) is 14.2 Å². The molecule has 0 radical (unpaired) electrons. The van der Waals surface area contributed by atoms with Gasteiger partial charge in [-0.1, -0.05) is 72.7 Å². The first-order valence-electron chi connectivity index (χ1n) is 34.7. The van der Waals surface area contributed by atoms with Crippen molar-refractivity contribution in [1.29, 1.82) is 0 Å². The van der Waals surface area contributed by atoms with Crippen molar-refractivity contribution in [2.75, 3.05) is 89.7 Å². The SMILES string of the molecule is CC[C@H](C(=O)N[C@@H](CCC(=O)O)C(=O)C[C@@H](C(=O)N[C@@H](CSSCCOC(=O)NNC(=O)[C@@]1(O)[C@H](O)[C@]2(CC)C=CCN3CC[C@@]4(c5cc([C@@]6(COC=O)C[C@@H]7CN(CCc8c6[nH]c6ccccc86)C[C@](O)(CC)C7)c(OC)cc5N(C)[C@@H]14)[C@@H]32)C(=O)O)[C@@H](O)[C@H](O)[C@H](O)CO)[C@@H](O)[C@H](O)[C@H](O)CO. The van der Waals surface area contributed by atoms with Crippen LogP contribution in [0.25, 0.3) is 10.9 Å². The molecule has 2 aromatic carbocycles. The van der Waals surface area contributed by atoms with Crippen molar-refractivity contribution in [3.8, 4) is 5.75 Å². The normalized spacial score (nSPS) is 29.2. The molecule has 6 aliphatic rings. The number of carboxylic acid groups (broad SMARTS) is 2. The maximum absolute atomic E-state index is 15.3. The maximum Gasteiger partial charge on any atom is 0.426 e. The van der Waals surface area contributed by atoms with Gasteiger partial charge in [0.25, 0.3) is 12.4 Å². The Morgan fingerprint density at radius 3 is 2.15 bits per heavy atom. The van der Waals surface area contributed by atoms with Crippen LogP contribution < -0.4 is 31.1 Å². The van der Waals surface area contributed by atoms with E-state index in [2.05, 4.69) is 48.4 Å². The van der Waals surface area contributed by atoms with Crippen LogP contribution in [0.4, 0.5) is 10.5 Å². The maximum atomic E-state index is 15.3. The fourth-order valence-electron chi connectivity index (χ4n) is 17.4. The van der Waals surface area contributed by atoms with Crippen molar-refractivity contribution in [3.05, 3.63) is 70.9 Å². The largest absolute Gasteiger partial charge is 0.496 e. The Bertz CT molecular complexity index is 3610. The predicted octanol–water partition coefficient (Wildman–Crippen LogP) is -1.94. The van der Waals surface area contributed by atoms with Crippen molar-refractivity contribution >= 4 is 86.2 Å². The van der Waals surface area contributed by atoms with Crippen molar-refractivity contribution in [3.63, 3.8) is 0 Å². The van der Waals surface area contributed by atoms with Gasteiger partial charge < -0.3 is 101 Å². The summed E-state index contributed by atoms with van der Waals surface area (Å²) in [6, 6.07) is 6.62. The number of hydrogen-bond acceptors (Lipinski definition) is 27. The quantitative estimate of drug-likeness (QED) is 0.0102. The third kappa shape index (κ3) is 15.5. The van der Waals surface area contributed by atoms with E-state index < -0.39 is 186 Å². The van der Waals surface area contributed by atoms with Gasteiger partial charge in [0.15, 0.2) is 11.4 Å². The lowest BCUT2D eigenvalue weighted by atomic mass is 9.47. The molecule has 1 aromatic heterocycles. The molecule has 18 N–H and O–H groups in total. The van der Waals surface area contributed by atoms with Gasteiger partial charge in [0, 0.05) is 108 Å². The molecule has 2 bridgehead atoms. The van der Waals surface area contributed by atoms with Crippen molar-refractivity contribution in [2.24, 2.45) is 23.2 Å². The number of ether oxygens (including phenoxy) is 3. The molecule has 3 aromatic rings. The number of H-pyrrole nitrogens is 1. The highest BCUT2D eigenvalue weighted by molar-refractivity contribution is 8.76. The van der Waals surface area contributed by atoms with E-state index in [0.717, 1.165) is 49.3 Å². The minimum Gasteiger partial charge on any atom is -0.496 e. The average molecular weight is 1490 g/mol. The monoisotopic (exact) mass is 1490 g/mol. The molecule has 1 saturated carbocycles. The highest BCUT2D eigenvalue weighted by Crippen LogP contribution is 2.68. The summed E-state index contributed by atoms with van der Waals surface area (Å²) in [6.45, 7) is 5.83. The average Bonchev–Trinajstić information content (AvgIpc) is 1.49. The lowest BCUT2D eigenvalue weighted by Gasteiger charge is -2.63. The van der Waals surface area contributed by atoms with Gasteiger partial charge in [0.1, 0.15) is 55.5 Å². The smallest absolute Gasteiger partial charge is 0.426 e. The summed E-state index contributed by atoms with van der Waals surface area (Å²) in [6.07, 6.45) is -12.2. The number of carboxylic acids is 2. The second kappa shape index (κ2) is 33.4. The van der Waals surface area contributed by atoms with Gasteiger partial charge in [-0.05, 0) is 87.1 Å². The molecule has 6 heterocycles. The van der Waals surface area contributed by atoms with Gasteiger partial charge in [-0.2, -0.15) is 0 Å². The van der Waals surface area contributed by atoms with Gasteiger partial charge in [-0.3, -0.25) is 44.0 Å². The first kappa shape index (κ1) is 80.4. The number of aliphatic hydroxyl groups is 11. The number of methoxy groups -OCH3 is 1. The molecular formula is C69H98N8O24S2. The fourth-order valence-corrected chi connectivity index (χ4v) is 19.4. The lowest BCUT2D eigenvalue weighted by Crippen LogP contribution is -2.82. The van der Waals surface area contributed by atoms with Crippen molar-refractivity contribution in [1.82, 2.24) is 36.3 Å². The zero-order chi connectivity index (χ0) is 75.3. The predicted molar refractivity (Wildman–Crippen MR) is 372 cm³/mol. The number of rotatable bonds is 34. The molecule has 20 atom stereocenters. The van der Waals surface area contributed by atoms with Crippen LogP contribution >= 0.6 is 21.6 Å². The molecule has 9 rings (SSSR count). The number of carbonyl (C=O) groups excluding carboxylic acids is 6. The number of aliphatic hydroxyl groups excluding tert-OH is 9. The zero-order valence-electron chi connectivity index (χ0n) is 58.1. The number of carbonyl (C=O) groups is 8. The van der Waals surface area contributed by atoms with Crippen LogP contribution in [-0.4, -0.2) is 292 Å². The number of fused-ring (bicyclic) bond motifs is 6. The highest BCUT2D eigenvalue weighted by atomic mass is 33.1. The molecular weight excluding hydrogens is 1390 g/mol. The number of aliphatic carboxylic acids is 2. The van der Waals surface area contributed by atoms with E-state index in [9.17, 15) is 99.9 Å². The molecule has 3 fully saturated rings. The summed E-state index contributed by atoms with van der Waals surface area (Å²) in [4.78, 5) is 117. The van der Waals surface area contributed by atoms with E-state index >= 15 is 4.79 Å². The zero-order valence-corrected chi connectivity index (χ0v) is 59.7. The van der Waals surface area contributed by atoms with Crippen LogP contribution in [0.15, 0.2) is 48.6 Å².